The fourth-order valence-electron chi connectivity index (χ4n) is 3.11. The van der Waals surface area contributed by atoms with Gasteiger partial charge in [0.05, 0.1) is 11.0 Å². The van der Waals surface area contributed by atoms with Gasteiger partial charge in [-0.1, -0.05) is 0 Å². The van der Waals surface area contributed by atoms with Gasteiger partial charge in [0, 0.05) is 35.9 Å². The lowest BCUT2D eigenvalue weighted by atomic mass is 9.75. The molecule has 0 saturated heterocycles. The van der Waals surface area contributed by atoms with Crippen molar-refractivity contribution in [3.8, 4) is 5.75 Å². The van der Waals surface area contributed by atoms with Crippen molar-refractivity contribution in [2.24, 2.45) is 0 Å². The molecule has 7 nitrogen and oxygen atoms in total. The minimum Gasteiger partial charge on any atom is -0.484 e. The molecule has 0 bridgehead atoms. The van der Waals surface area contributed by atoms with E-state index in [1.807, 2.05) is 0 Å². The maximum atomic E-state index is 11.5. The maximum Gasteiger partial charge on any atom is 0.270 e. The summed E-state index contributed by atoms with van der Waals surface area (Å²) in [6, 6.07) is 3.71. The summed E-state index contributed by atoms with van der Waals surface area (Å²) in [5.41, 5.74) is -1.11. The van der Waals surface area contributed by atoms with Crippen LogP contribution in [0, 0.1) is 10.1 Å². The fraction of sp³-hybridized carbons (Fsp3) is 0.471. The van der Waals surface area contributed by atoms with E-state index in [0.717, 1.165) is 5.70 Å². The highest BCUT2D eigenvalue weighted by molar-refractivity contribution is 5.92. The zero-order valence-corrected chi connectivity index (χ0v) is 13.8. The van der Waals surface area contributed by atoms with Crippen molar-refractivity contribution < 1.29 is 19.6 Å². The molecule has 1 aliphatic carbocycles. The normalized spacial score (nSPS) is 27.9. The van der Waals surface area contributed by atoms with Crippen LogP contribution in [0.3, 0.4) is 0 Å². The molecule has 1 aliphatic heterocycles. The van der Waals surface area contributed by atoms with Gasteiger partial charge in [0.1, 0.15) is 17.0 Å². The van der Waals surface area contributed by atoms with Crippen LogP contribution >= 0.6 is 0 Å². The molecule has 1 heterocycles. The van der Waals surface area contributed by atoms with Gasteiger partial charge in [0.15, 0.2) is 5.78 Å². The molecule has 128 valence electrons. The molecular weight excluding hydrogens is 312 g/mol. The molecule has 0 fully saturated rings. The van der Waals surface area contributed by atoms with Gasteiger partial charge in [-0.05, 0) is 33.3 Å². The van der Waals surface area contributed by atoms with E-state index in [9.17, 15) is 20.0 Å². The molecule has 0 aromatic heterocycles. The monoisotopic (exact) mass is 332 g/mol. The predicted octanol–water partition coefficient (Wildman–Crippen LogP) is 2.39. The van der Waals surface area contributed by atoms with Crippen LogP contribution in [0.5, 0.6) is 5.75 Å². The number of nitro groups is 1. The van der Waals surface area contributed by atoms with E-state index in [0.29, 0.717) is 24.2 Å². The van der Waals surface area contributed by atoms with Gasteiger partial charge in [-0.3, -0.25) is 14.9 Å². The number of hydrogen-bond acceptors (Lipinski definition) is 6. The molecule has 0 spiro atoms. The van der Waals surface area contributed by atoms with Gasteiger partial charge in [-0.15, -0.1) is 0 Å². The third-order valence-corrected chi connectivity index (χ3v) is 4.97. The number of hydrogen-bond donors (Lipinski definition) is 2. The quantitative estimate of drug-likeness (QED) is 0.651. The Labute approximate surface area is 139 Å². The van der Waals surface area contributed by atoms with E-state index in [4.69, 9.17) is 4.74 Å². The Kier molecular flexibility index (Phi) is 3.64. The van der Waals surface area contributed by atoms with Crippen molar-refractivity contribution >= 4 is 11.5 Å². The molecule has 1 aromatic carbocycles. The highest BCUT2D eigenvalue weighted by atomic mass is 16.6. The van der Waals surface area contributed by atoms with Crippen LogP contribution < -0.4 is 10.1 Å². The zero-order chi connectivity index (χ0) is 17.7. The first-order chi connectivity index (χ1) is 11.1. The fourth-order valence-corrected chi connectivity index (χ4v) is 3.11. The Morgan fingerprint density at radius 1 is 1.33 bits per heavy atom. The zero-order valence-electron chi connectivity index (χ0n) is 13.8. The second-order valence-corrected chi connectivity index (χ2v) is 6.95. The number of non-ortho nitro benzene ring substituents is 1. The smallest absolute Gasteiger partial charge is 0.270 e. The van der Waals surface area contributed by atoms with E-state index >= 15 is 0 Å². The van der Waals surface area contributed by atoms with Crippen molar-refractivity contribution in [2.45, 2.75) is 50.9 Å². The lowest BCUT2D eigenvalue weighted by Crippen LogP contribution is -2.61. The number of nitrogens with zero attached hydrogens (tertiary/aromatic N) is 1. The van der Waals surface area contributed by atoms with Gasteiger partial charge in [0.25, 0.3) is 5.69 Å². The molecule has 2 unspecified atom stereocenters. The third kappa shape index (κ3) is 2.54. The van der Waals surface area contributed by atoms with E-state index in [2.05, 4.69) is 5.32 Å². The first kappa shape index (κ1) is 16.4. The lowest BCUT2D eigenvalue weighted by molar-refractivity contribution is -0.385. The second kappa shape index (κ2) is 5.31. The summed E-state index contributed by atoms with van der Waals surface area (Å²) in [6.07, 6.45) is 2.52. The summed E-state index contributed by atoms with van der Waals surface area (Å²) < 4.78 is 5.89. The summed E-state index contributed by atoms with van der Waals surface area (Å²) in [4.78, 5) is 22.1. The number of aliphatic hydroxyl groups is 1. The third-order valence-electron chi connectivity index (χ3n) is 4.97. The molecule has 3 rings (SSSR count). The van der Waals surface area contributed by atoms with Crippen molar-refractivity contribution in [3.05, 3.63) is 45.6 Å². The summed E-state index contributed by atoms with van der Waals surface area (Å²) in [7, 11) is 0. The molecule has 2 aliphatic rings. The van der Waals surface area contributed by atoms with Crippen LogP contribution in [0.15, 0.2) is 30.0 Å². The summed E-state index contributed by atoms with van der Waals surface area (Å²) in [6.45, 7) is 5.16. The summed E-state index contributed by atoms with van der Waals surface area (Å²) >= 11 is 0. The number of rotatable bonds is 3. The first-order valence-electron chi connectivity index (χ1n) is 7.81. The molecule has 2 atom stereocenters. The highest BCUT2D eigenvalue weighted by Gasteiger charge is 2.53. The van der Waals surface area contributed by atoms with Crippen molar-refractivity contribution in [2.75, 3.05) is 0 Å². The molecule has 24 heavy (non-hydrogen) atoms. The lowest BCUT2D eigenvalue weighted by Gasteiger charge is -2.49. The Balaban J connectivity index is 2.09. The minimum atomic E-state index is -1.35. The van der Waals surface area contributed by atoms with Crippen molar-refractivity contribution in [3.63, 3.8) is 0 Å². The topological polar surface area (TPSA) is 102 Å². The average Bonchev–Trinajstić information content (AvgIpc) is 2.89. The number of carbonyl (C=O) groups is 1. The Bertz CT molecular complexity index is 751. The molecule has 7 heteroatoms. The summed E-state index contributed by atoms with van der Waals surface area (Å²) in [5.74, 6) is 0.516. The van der Waals surface area contributed by atoms with Crippen LogP contribution in [-0.2, 0) is 4.79 Å². The van der Waals surface area contributed by atoms with Gasteiger partial charge in [0.2, 0.25) is 0 Å². The SMILES string of the molecule is CC1(C)Oc2ccc([N+](=O)[O-])cc2C(NC2=CC(=O)CC2)C1(C)O. The average molecular weight is 332 g/mol. The van der Waals surface area contributed by atoms with Gasteiger partial charge in [-0.2, -0.15) is 0 Å². The van der Waals surface area contributed by atoms with Crippen LogP contribution in [0.4, 0.5) is 5.69 Å². The number of benzene rings is 1. The maximum absolute atomic E-state index is 11.5. The number of allylic oxidation sites excluding steroid dienone is 2. The van der Waals surface area contributed by atoms with Gasteiger partial charge < -0.3 is 15.2 Å². The number of carbonyl (C=O) groups excluding carboxylic acids is 1. The highest BCUT2D eigenvalue weighted by Crippen LogP contribution is 2.47. The Hall–Kier alpha value is -2.41. The van der Waals surface area contributed by atoms with Crippen LogP contribution in [0.2, 0.25) is 0 Å². The van der Waals surface area contributed by atoms with Crippen LogP contribution in [0.25, 0.3) is 0 Å². The Morgan fingerprint density at radius 3 is 2.62 bits per heavy atom. The van der Waals surface area contributed by atoms with Gasteiger partial charge in [-0.25, -0.2) is 0 Å². The molecule has 0 amide bonds. The molecule has 0 radical (unpaired) electrons. The number of nitro benzene ring substituents is 1. The largest absolute Gasteiger partial charge is 0.484 e. The number of ether oxygens (including phenoxy) is 1. The minimum absolute atomic E-state index is 0.0303. The van der Waals surface area contributed by atoms with E-state index < -0.39 is 22.2 Å². The van der Waals surface area contributed by atoms with E-state index in [-0.39, 0.29) is 11.5 Å². The van der Waals surface area contributed by atoms with E-state index in [1.165, 1.54) is 18.2 Å². The van der Waals surface area contributed by atoms with Crippen molar-refractivity contribution in [1.82, 2.24) is 5.32 Å². The number of ketones is 1. The molecular formula is C17H20N2O5. The van der Waals surface area contributed by atoms with Crippen LogP contribution in [0.1, 0.15) is 45.2 Å². The van der Waals surface area contributed by atoms with Crippen molar-refractivity contribution in [1.29, 1.82) is 0 Å². The molecule has 1 aromatic rings. The first-order valence-corrected chi connectivity index (χ1v) is 7.81. The van der Waals surface area contributed by atoms with E-state index in [1.54, 1.807) is 26.8 Å². The molecule has 0 saturated carbocycles. The number of nitrogens with one attached hydrogen (secondary N) is 1. The second-order valence-electron chi connectivity index (χ2n) is 6.95. The predicted molar refractivity (Wildman–Crippen MR) is 86.6 cm³/mol. The van der Waals surface area contributed by atoms with Gasteiger partial charge >= 0.3 is 0 Å². The summed E-state index contributed by atoms with van der Waals surface area (Å²) in [5, 5.41) is 25.4. The standard InChI is InChI=1S/C17H20N2O5/c1-16(2)17(3,21)15(18-10-4-6-12(20)8-10)13-9-11(19(22)23)5-7-14(13)24-16/h5,7-9,15,18,21H,4,6H2,1-3H3. The molecule has 2 N–H and O–H groups in total. The Morgan fingerprint density at radius 2 is 2.04 bits per heavy atom. The van der Waals surface area contributed by atoms with Crippen LogP contribution in [-0.4, -0.2) is 27.0 Å². The number of fused-ring (bicyclic) bond motifs is 1.